The summed E-state index contributed by atoms with van der Waals surface area (Å²) in [6.07, 6.45) is 1.60. The first-order chi connectivity index (χ1) is 13.2. The average molecular weight is 378 g/mol. The van der Waals surface area contributed by atoms with Crippen LogP contribution in [0.5, 0.6) is 0 Å². The molecular weight excluding hydrogens is 352 g/mol. The SMILES string of the molecule is CC(C)CC(C)(C)n1nc(-c2ccc3c(c2)N=C(N)C3)c2c(N)nc(N)nc21. The molecular formula is C20H26N8. The summed E-state index contributed by atoms with van der Waals surface area (Å²) in [4.78, 5) is 13.1. The van der Waals surface area contributed by atoms with Gasteiger partial charge in [-0.15, -0.1) is 0 Å². The number of fused-ring (bicyclic) bond motifs is 2. The van der Waals surface area contributed by atoms with Crippen LogP contribution < -0.4 is 17.2 Å². The van der Waals surface area contributed by atoms with E-state index in [-0.39, 0.29) is 11.5 Å². The molecule has 146 valence electrons. The van der Waals surface area contributed by atoms with E-state index < -0.39 is 0 Å². The summed E-state index contributed by atoms with van der Waals surface area (Å²) in [5.74, 6) is 1.58. The summed E-state index contributed by atoms with van der Waals surface area (Å²) >= 11 is 0. The maximum absolute atomic E-state index is 6.26. The topological polar surface area (TPSA) is 134 Å². The van der Waals surface area contributed by atoms with Crippen LogP contribution >= 0.6 is 0 Å². The van der Waals surface area contributed by atoms with Gasteiger partial charge in [0.05, 0.1) is 16.6 Å². The van der Waals surface area contributed by atoms with Crippen molar-refractivity contribution in [3.8, 4) is 11.3 Å². The van der Waals surface area contributed by atoms with Crippen LogP contribution in [0.2, 0.25) is 0 Å². The second-order valence-electron chi connectivity index (χ2n) is 8.46. The van der Waals surface area contributed by atoms with Crippen LogP contribution in [0.15, 0.2) is 23.2 Å². The van der Waals surface area contributed by atoms with Gasteiger partial charge in [0, 0.05) is 12.0 Å². The van der Waals surface area contributed by atoms with Crippen molar-refractivity contribution in [1.29, 1.82) is 0 Å². The predicted molar refractivity (Wildman–Crippen MR) is 113 cm³/mol. The fourth-order valence-electron chi connectivity index (χ4n) is 4.12. The number of aromatic nitrogens is 4. The van der Waals surface area contributed by atoms with Crippen LogP contribution in [-0.2, 0) is 12.0 Å². The summed E-state index contributed by atoms with van der Waals surface area (Å²) in [5.41, 5.74) is 22.0. The molecule has 0 saturated heterocycles. The Hall–Kier alpha value is -3.16. The number of benzene rings is 1. The highest BCUT2D eigenvalue weighted by atomic mass is 15.4. The third-order valence-corrected chi connectivity index (χ3v) is 5.05. The van der Waals surface area contributed by atoms with Gasteiger partial charge in [0.2, 0.25) is 5.95 Å². The number of nitrogen functional groups attached to an aromatic ring is 2. The first-order valence-corrected chi connectivity index (χ1v) is 9.44. The molecule has 4 rings (SSSR count). The van der Waals surface area contributed by atoms with Gasteiger partial charge in [-0.05, 0) is 37.8 Å². The molecule has 0 aliphatic carbocycles. The molecule has 1 aliphatic heterocycles. The molecule has 0 saturated carbocycles. The summed E-state index contributed by atoms with van der Waals surface area (Å²) in [7, 11) is 0. The Morgan fingerprint density at radius 2 is 1.89 bits per heavy atom. The second kappa shape index (κ2) is 6.19. The van der Waals surface area contributed by atoms with Crippen molar-refractivity contribution in [2.45, 2.75) is 46.1 Å². The Bertz CT molecular complexity index is 1110. The summed E-state index contributed by atoms with van der Waals surface area (Å²) < 4.78 is 1.93. The first kappa shape index (κ1) is 18.2. The molecule has 0 radical (unpaired) electrons. The van der Waals surface area contributed by atoms with Gasteiger partial charge in [0.15, 0.2) is 5.65 Å². The number of rotatable bonds is 4. The van der Waals surface area contributed by atoms with Crippen molar-refractivity contribution in [2.75, 3.05) is 11.5 Å². The number of aliphatic imine (C=N–C) groups is 1. The maximum Gasteiger partial charge on any atom is 0.224 e. The van der Waals surface area contributed by atoms with E-state index in [9.17, 15) is 0 Å². The van der Waals surface area contributed by atoms with Crippen LogP contribution in [-0.4, -0.2) is 25.6 Å². The lowest BCUT2D eigenvalue weighted by molar-refractivity contribution is 0.266. The fraction of sp³-hybridized carbons (Fsp3) is 0.400. The number of nitrogens with zero attached hydrogens (tertiary/aromatic N) is 5. The van der Waals surface area contributed by atoms with Crippen molar-refractivity contribution in [2.24, 2.45) is 16.6 Å². The van der Waals surface area contributed by atoms with Gasteiger partial charge < -0.3 is 17.2 Å². The highest BCUT2D eigenvalue weighted by Gasteiger charge is 2.29. The number of hydrogen-bond donors (Lipinski definition) is 3. The van der Waals surface area contributed by atoms with Gasteiger partial charge in [0.25, 0.3) is 0 Å². The minimum Gasteiger partial charge on any atom is -0.387 e. The quantitative estimate of drug-likeness (QED) is 0.639. The van der Waals surface area contributed by atoms with Gasteiger partial charge >= 0.3 is 0 Å². The van der Waals surface area contributed by atoms with Gasteiger partial charge in [-0.2, -0.15) is 15.1 Å². The average Bonchev–Trinajstić information content (AvgIpc) is 3.12. The molecule has 6 N–H and O–H groups in total. The Morgan fingerprint density at radius 1 is 1.14 bits per heavy atom. The molecule has 8 heteroatoms. The van der Waals surface area contributed by atoms with Crippen molar-refractivity contribution in [1.82, 2.24) is 19.7 Å². The number of anilines is 2. The van der Waals surface area contributed by atoms with E-state index in [1.54, 1.807) is 0 Å². The van der Waals surface area contributed by atoms with Gasteiger partial charge in [0.1, 0.15) is 17.3 Å². The maximum atomic E-state index is 6.26. The van der Waals surface area contributed by atoms with Crippen LogP contribution in [0.1, 0.15) is 39.7 Å². The smallest absolute Gasteiger partial charge is 0.224 e. The van der Waals surface area contributed by atoms with E-state index in [0.29, 0.717) is 35.0 Å². The Kier molecular flexibility index (Phi) is 4.02. The summed E-state index contributed by atoms with van der Waals surface area (Å²) in [6, 6.07) is 6.04. The van der Waals surface area contributed by atoms with Crippen molar-refractivity contribution >= 4 is 34.3 Å². The molecule has 0 bridgehead atoms. The third-order valence-electron chi connectivity index (χ3n) is 5.05. The zero-order valence-corrected chi connectivity index (χ0v) is 16.7. The number of amidine groups is 1. The molecule has 0 unspecified atom stereocenters. The van der Waals surface area contributed by atoms with Crippen molar-refractivity contribution < 1.29 is 0 Å². The molecule has 0 amide bonds. The summed E-state index contributed by atoms with van der Waals surface area (Å²) in [6.45, 7) is 8.67. The molecule has 0 fully saturated rings. The van der Waals surface area contributed by atoms with E-state index in [0.717, 1.165) is 28.9 Å². The predicted octanol–water partition coefficient (Wildman–Crippen LogP) is 2.98. The van der Waals surface area contributed by atoms with E-state index in [4.69, 9.17) is 22.3 Å². The molecule has 1 aliphatic rings. The lowest BCUT2D eigenvalue weighted by Gasteiger charge is -2.27. The molecule has 28 heavy (non-hydrogen) atoms. The van der Waals surface area contributed by atoms with E-state index >= 15 is 0 Å². The van der Waals surface area contributed by atoms with Crippen molar-refractivity contribution in [3.63, 3.8) is 0 Å². The monoisotopic (exact) mass is 378 g/mol. The van der Waals surface area contributed by atoms with Gasteiger partial charge in [-0.3, -0.25) is 0 Å². The van der Waals surface area contributed by atoms with Crippen LogP contribution in [0.3, 0.4) is 0 Å². The zero-order valence-electron chi connectivity index (χ0n) is 16.7. The van der Waals surface area contributed by atoms with E-state index in [2.05, 4.69) is 42.7 Å². The molecule has 0 spiro atoms. The standard InChI is InChI=1S/C20H26N8/c1-10(2)9-20(3,4)28-18-15(17(22)25-19(23)26-18)16(27-28)12-6-5-11-8-14(21)24-13(11)7-12/h5-7,10H,8-9H2,1-4H3,(H2,21,24)(H4,22,23,25,26). The molecule has 1 aromatic carbocycles. The minimum atomic E-state index is -0.267. The van der Waals surface area contributed by atoms with Crippen LogP contribution in [0, 0.1) is 5.92 Å². The molecule has 0 atom stereocenters. The third kappa shape index (κ3) is 2.94. The minimum absolute atomic E-state index is 0.143. The van der Waals surface area contributed by atoms with Crippen LogP contribution in [0.25, 0.3) is 22.3 Å². The molecule has 2 aromatic heterocycles. The van der Waals surface area contributed by atoms with Gasteiger partial charge in [-0.25, -0.2) is 9.67 Å². The van der Waals surface area contributed by atoms with E-state index in [1.165, 1.54) is 0 Å². The molecule has 3 aromatic rings. The number of nitrogens with two attached hydrogens (primary N) is 3. The molecule has 3 heterocycles. The fourth-order valence-corrected chi connectivity index (χ4v) is 4.12. The highest BCUT2D eigenvalue weighted by Crippen LogP contribution is 2.38. The Balaban J connectivity index is 1.96. The van der Waals surface area contributed by atoms with E-state index in [1.807, 2.05) is 22.9 Å². The zero-order chi connectivity index (χ0) is 20.2. The van der Waals surface area contributed by atoms with Crippen LogP contribution in [0.4, 0.5) is 17.5 Å². The highest BCUT2D eigenvalue weighted by molar-refractivity contribution is 6.00. The van der Waals surface area contributed by atoms with Crippen molar-refractivity contribution in [3.05, 3.63) is 23.8 Å². The second-order valence-corrected chi connectivity index (χ2v) is 8.46. The Labute approximate surface area is 163 Å². The first-order valence-electron chi connectivity index (χ1n) is 9.44. The normalized spacial score (nSPS) is 14.0. The summed E-state index contributed by atoms with van der Waals surface area (Å²) in [5, 5.41) is 5.64. The lowest BCUT2D eigenvalue weighted by Crippen LogP contribution is -2.29. The largest absolute Gasteiger partial charge is 0.387 e. The molecule has 8 nitrogen and oxygen atoms in total. The lowest BCUT2D eigenvalue weighted by atomic mass is 9.93. The number of hydrogen-bond acceptors (Lipinski definition) is 7. The van der Waals surface area contributed by atoms with Gasteiger partial charge in [-0.1, -0.05) is 26.0 Å². The Morgan fingerprint density at radius 3 is 2.61 bits per heavy atom.